The Morgan fingerprint density at radius 3 is 2.88 bits per heavy atom. The Morgan fingerprint density at radius 2 is 2.18 bits per heavy atom. The summed E-state index contributed by atoms with van der Waals surface area (Å²) in [7, 11) is 1.84. The molecule has 3 aromatic rings. The third-order valence-corrected chi connectivity index (χ3v) is 7.06. The summed E-state index contributed by atoms with van der Waals surface area (Å²) >= 11 is 6.45. The quantitative estimate of drug-likeness (QED) is 0.568. The SMILES string of the molecule is Cc1nn(C)c2nc(C3CC3)cc(C(=O)NCC(c3c(F)cccc3Cl)N3CCOC(C)C3)c12. The van der Waals surface area contributed by atoms with Crippen molar-refractivity contribution in [1.82, 2.24) is 25.0 Å². The highest BCUT2D eigenvalue weighted by Crippen LogP contribution is 2.40. The van der Waals surface area contributed by atoms with Crippen LogP contribution in [-0.4, -0.2) is 57.9 Å². The van der Waals surface area contributed by atoms with Gasteiger partial charge in [-0.25, -0.2) is 9.37 Å². The summed E-state index contributed by atoms with van der Waals surface area (Å²) in [5.41, 5.74) is 3.35. The first-order valence-electron chi connectivity index (χ1n) is 11.8. The van der Waals surface area contributed by atoms with E-state index in [4.69, 9.17) is 21.3 Å². The number of morpholine rings is 1. The Morgan fingerprint density at radius 1 is 1.38 bits per heavy atom. The first-order chi connectivity index (χ1) is 16.3. The van der Waals surface area contributed by atoms with Crippen LogP contribution >= 0.6 is 11.6 Å². The average molecular weight is 486 g/mol. The van der Waals surface area contributed by atoms with Gasteiger partial charge in [0.25, 0.3) is 5.91 Å². The van der Waals surface area contributed by atoms with Gasteiger partial charge in [0.05, 0.1) is 35.4 Å². The molecule has 1 aromatic carbocycles. The molecule has 2 atom stereocenters. The molecule has 3 heterocycles. The fourth-order valence-corrected chi connectivity index (χ4v) is 5.18. The fraction of sp³-hybridized carbons (Fsp3) is 0.480. The van der Waals surface area contributed by atoms with E-state index in [1.807, 2.05) is 27.0 Å². The van der Waals surface area contributed by atoms with Gasteiger partial charge in [-0.3, -0.25) is 14.4 Å². The lowest BCUT2D eigenvalue weighted by molar-refractivity contribution is -0.0346. The molecule has 7 nitrogen and oxygen atoms in total. The van der Waals surface area contributed by atoms with Crippen LogP contribution in [0.5, 0.6) is 0 Å². The highest BCUT2D eigenvalue weighted by molar-refractivity contribution is 6.31. The van der Waals surface area contributed by atoms with Gasteiger partial charge in [-0.1, -0.05) is 17.7 Å². The molecule has 1 aliphatic heterocycles. The molecular weight excluding hydrogens is 457 g/mol. The van der Waals surface area contributed by atoms with Crippen molar-refractivity contribution in [2.45, 2.75) is 44.8 Å². The van der Waals surface area contributed by atoms with Gasteiger partial charge in [0.1, 0.15) is 5.82 Å². The van der Waals surface area contributed by atoms with Crippen molar-refractivity contribution in [2.24, 2.45) is 7.05 Å². The summed E-state index contributed by atoms with van der Waals surface area (Å²) in [5.74, 6) is -0.202. The topological polar surface area (TPSA) is 72.3 Å². The number of aryl methyl sites for hydroxylation is 2. The van der Waals surface area contributed by atoms with Crippen LogP contribution in [0.25, 0.3) is 11.0 Å². The highest BCUT2D eigenvalue weighted by Gasteiger charge is 2.31. The summed E-state index contributed by atoms with van der Waals surface area (Å²) in [6, 6.07) is 6.17. The number of pyridine rings is 1. The predicted octanol–water partition coefficient (Wildman–Crippen LogP) is 4.14. The molecule has 1 saturated carbocycles. The van der Waals surface area contributed by atoms with Crippen LogP contribution in [0.4, 0.5) is 4.39 Å². The summed E-state index contributed by atoms with van der Waals surface area (Å²) in [6.07, 6.45) is 2.18. The minimum Gasteiger partial charge on any atom is -0.376 e. The summed E-state index contributed by atoms with van der Waals surface area (Å²) in [4.78, 5) is 20.4. The average Bonchev–Trinajstić information content (AvgIpc) is 3.61. The second-order valence-electron chi connectivity index (χ2n) is 9.31. The van der Waals surface area contributed by atoms with Crippen LogP contribution in [-0.2, 0) is 11.8 Å². The van der Waals surface area contributed by atoms with E-state index in [0.29, 0.717) is 47.4 Å². The molecule has 5 rings (SSSR count). The largest absolute Gasteiger partial charge is 0.376 e. The Bertz CT molecular complexity index is 1220. The van der Waals surface area contributed by atoms with Crippen molar-refractivity contribution >= 4 is 28.5 Å². The van der Waals surface area contributed by atoms with E-state index in [-0.39, 0.29) is 24.4 Å². The summed E-state index contributed by atoms with van der Waals surface area (Å²) in [6.45, 7) is 5.88. The molecule has 9 heteroatoms. The number of ether oxygens (including phenoxy) is 1. The Hall–Kier alpha value is -2.55. The third-order valence-electron chi connectivity index (χ3n) is 6.73. The van der Waals surface area contributed by atoms with Crippen LogP contribution in [0.2, 0.25) is 5.02 Å². The molecule has 0 radical (unpaired) electrons. The predicted molar refractivity (Wildman–Crippen MR) is 129 cm³/mol. The highest BCUT2D eigenvalue weighted by atomic mass is 35.5. The second-order valence-corrected chi connectivity index (χ2v) is 9.72. The lowest BCUT2D eigenvalue weighted by atomic mass is 10.0. The number of hydrogen-bond acceptors (Lipinski definition) is 5. The number of amides is 1. The number of nitrogens with one attached hydrogen (secondary N) is 1. The van der Waals surface area contributed by atoms with Crippen molar-refractivity contribution in [2.75, 3.05) is 26.2 Å². The summed E-state index contributed by atoms with van der Waals surface area (Å²) < 4.78 is 22.3. The van der Waals surface area contributed by atoms with E-state index in [9.17, 15) is 9.18 Å². The lowest BCUT2D eigenvalue weighted by Crippen LogP contribution is -2.47. The molecular formula is C25H29ClFN5O2. The molecule has 1 amide bonds. The van der Waals surface area contributed by atoms with E-state index in [2.05, 4.69) is 15.3 Å². The van der Waals surface area contributed by atoms with Gasteiger partial charge in [-0.05, 0) is 44.9 Å². The minimum atomic E-state index is -0.417. The molecule has 0 spiro atoms. The standard InChI is InChI=1S/C25H29ClFN5O2/c1-14-13-32(9-10-34-14)21(23-18(26)5-4-6-19(23)27)12-28-25(33)17-11-20(16-7-8-16)29-24-22(17)15(2)30-31(24)3/h4-6,11,14,16,21H,7-10,12-13H2,1-3H3,(H,28,33). The smallest absolute Gasteiger partial charge is 0.252 e. The van der Waals surface area contributed by atoms with E-state index < -0.39 is 6.04 Å². The van der Waals surface area contributed by atoms with Gasteiger partial charge in [-0.2, -0.15) is 5.10 Å². The lowest BCUT2D eigenvalue weighted by Gasteiger charge is -2.38. The van der Waals surface area contributed by atoms with Gasteiger partial charge < -0.3 is 10.1 Å². The van der Waals surface area contributed by atoms with Crippen LogP contribution in [0, 0.1) is 12.7 Å². The maximum Gasteiger partial charge on any atom is 0.252 e. The van der Waals surface area contributed by atoms with Crippen molar-refractivity contribution in [3.8, 4) is 0 Å². The number of aromatic nitrogens is 3. The van der Waals surface area contributed by atoms with Crippen LogP contribution in [0.15, 0.2) is 24.3 Å². The van der Waals surface area contributed by atoms with Gasteiger partial charge in [-0.15, -0.1) is 0 Å². The van der Waals surface area contributed by atoms with Crippen LogP contribution in [0.3, 0.4) is 0 Å². The number of carbonyl (C=O) groups excluding carboxylic acids is 1. The number of carbonyl (C=O) groups is 1. The molecule has 2 aliphatic rings. The van der Waals surface area contributed by atoms with Crippen LogP contribution < -0.4 is 5.32 Å². The first-order valence-corrected chi connectivity index (χ1v) is 12.1. The third kappa shape index (κ3) is 4.42. The van der Waals surface area contributed by atoms with Crippen molar-refractivity contribution in [3.05, 3.63) is 57.6 Å². The van der Waals surface area contributed by atoms with Crippen LogP contribution in [0.1, 0.15) is 59.0 Å². The number of rotatable bonds is 6. The van der Waals surface area contributed by atoms with Gasteiger partial charge >= 0.3 is 0 Å². The molecule has 1 saturated heterocycles. The number of fused-ring (bicyclic) bond motifs is 1. The van der Waals surface area contributed by atoms with E-state index >= 15 is 0 Å². The molecule has 1 N–H and O–H groups in total. The maximum absolute atomic E-state index is 14.9. The fourth-order valence-electron chi connectivity index (χ4n) is 4.89. The molecule has 34 heavy (non-hydrogen) atoms. The Labute approximate surface area is 203 Å². The molecule has 0 bridgehead atoms. The van der Waals surface area contributed by atoms with Gasteiger partial charge in [0.2, 0.25) is 0 Å². The normalized spacial score (nSPS) is 20.0. The zero-order valence-corrected chi connectivity index (χ0v) is 20.4. The van der Waals surface area contributed by atoms with Crippen molar-refractivity contribution in [3.63, 3.8) is 0 Å². The molecule has 2 fully saturated rings. The molecule has 2 unspecified atom stereocenters. The maximum atomic E-state index is 14.9. The molecule has 1 aliphatic carbocycles. The molecule has 2 aromatic heterocycles. The van der Waals surface area contributed by atoms with Crippen molar-refractivity contribution < 1.29 is 13.9 Å². The Kier molecular flexibility index (Phi) is 6.31. The number of hydrogen-bond donors (Lipinski definition) is 1. The number of nitrogens with zero attached hydrogens (tertiary/aromatic N) is 4. The van der Waals surface area contributed by atoms with E-state index in [0.717, 1.165) is 29.6 Å². The minimum absolute atomic E-state index is 0.0106. The van der Waals surface area contributed by atoms with Crippen molar-refractivity contribution in [1.29, 1.82) is 0 Å². The van der Waals surface area contributed by atoms with E-state index in [1.165, 1.54) is 6.07 Å². The zero-order chi connectivity index (χ0) is 24.0. The summed E-state index contributed by atoms with van der Waals surface area (Å²) in [5, 5.41) is 8.66. The monoisotopic (exact) mass is 485 g/mol. The van der Waals surface area contributed by atoms with Gasteiger partial charge in [0, 0.05) is 48.9 Å². The number of benzene rings is 1. The second kappa shape index (κ2) is 9.24. The van der Waals surface area contributed by atoms with E-state index in [1.54, 1.807) is 16.8 Å². The number of halogens is 2. The first kappa shape index (κ1) is 23.2. The molecule has 180 valence electrons. The zero-order valence-electron chi connectivity index (χ0n) is 19.6. The van der Waals surface area contributed by atoms with Gasteiger partial charge in [0.15, 0.2) is 5.65 Å². The Balaban J connectivity index is 1.47.